The summed E-state index contributed by atoms with van der Waals surface area (Å²) in [6.07, 6.45) is 5.39. The van der Waals surface area contributed by atoms with Gasteiger partial charge in [0.1, 0.15) is 30.0 Å². The van der Waals surface area contributed by atoms with Crippen molar-refractivity contribution in [1.29, 1.82) is 0 Å². The van der Waals surface area contributed by atoms with E-state index in [2.05, 4.69) is 48.1 Å². The Morgan fingerprint density at radius 3 is 2.70 bits per heavy atom. The molecular weight excluding hydrogens is 447 g/mol. The predicted octanol–water partition coefficient (Wildman–Crippen LogP) is 2.26. The highest BCUT2D eigenvalue weighted by Gasteiger charge is 2.63. The van der Waals surface area contributed by atoms with Crippen LogP contribution in [0.4, 0.5) is 0 Å². The third-order valence-corrected chi connectivity index (χ3v) is 7.94. The molecule has 3 rings (SSSR count). The summed E-state index contributed by atoms with van der Waals surface area (Å²) in [6.45, 7) is 18.1. The summed E-state index contributed by atoms with van der Waals surface area (Å²) in [4.78, 5) is 30.1. The van der Waals surface area contributed by atoms with Crippen molar-refractivity contribution in [1.82, 2.24) is 14.2 Å². The monoisotopic (exact) mass is 478 g/mol. The molecule has 3 heterocycles. The maximum Gasteiger partial charge on any atom is 0.330 e. The van der Waals surface area contributed by atoms with Gasteiger partial charge in [0.25, 0.3) is 14.1 Å². The molecule has 2 fully saturated rings. The molecule has 2 aliphatic heterocycles. The zero-order chi connectivity index (χ0) is 24.3. The van der Waals surface area contributed by atoms with E-state index in [9.17, 15) is 9.59 Å². The lowest BCUT2D eigenvalue weighted by atomic mass is 9.96. The molecule has 0 saturated carbocycles. The van der Waals surface area contributed by atoms with E-state index in [1.54, 1.807) is 0 Å². The van der Waals surface area contributed by atoms with E-state index < -0.39 is 43.8 Å². The normalized spacial score (nSPS) is 27.3. The molecule has 0 spiro atoms. The van der Waals surface area contributed by atoms with Gasteiger partial charge in [-0.2, -0.15) is 0 Å². The van der Waals surface area contributed by atoms with E-state index in [-0.39, 0.29) is 30.8 Å². The Balaban J connectivity index is 1.95. The number of nitrogens with zero attached hydrogens (tertiary/aromatic N) is 3. The second kappa shape index (κ2) is 10.5. The van der Waals surface area contributed by atoms with Gasteiger partial charge < -0.3 is 23.4 Å². The van der Waals surface area contributed by atoms with Gasteiger partial charge in [-0.1, -0.05) is 12.8 Å². The highest BCUT2D eigenvalue weighted by Crippen LogP contribution is 2.55. The first-order chi connectivity index (χ1) is 15.7. The highest BCUT2D eigenvalue weighted by molar-refractivity contribution is 7.44. The first-order valence-electron chi connectivity index (χ1n) is 11.0. The van der Waals surface area contributed by atoms with Crippen molar-refractivity contribution in [2.75, 3.05) is 19.8 Å². The summed E-state index contributed by atoms with van der Waals surface area (Å²) < 4.78 is 28.4. The van der Waals surface area contributed by atoms with E-state index in [1.165, 1.54) is 10.8 Å². The Hall–Kier alpha value is -2.04. The quantitative estimate of drug-likeness (QED) is 0.238. The molecule has 1 aromatic rings. The zero-order valence-electron chi connectivity index (χ0n) is 19.6. The van der Waals surface area contributed by atoms with Crippen LogP contribution >= 0.6 is 8.53 Å². The first-order valence-corrected chi connectivity index (χ1v) is 12.1. The molecular formula is C22H31N4O6P. The fourth-order valence-electron chi connectivity index (χ4n) is 4.27. The van der Waals surface area contributed by atoms with Gasteiger partial charge in [0.15, 0.2) is 6.23 Å². The number of aromatic amines is 1. The number of hydrogen-bond donors (Lipinski definition) is 1. The van der Waals surface area contributed by atoms with Gasteiger partial charge in [-0.05, 0) is 34.1 Å². The Morgan fingerprint density at radius 1 is 1.42 bits per heavy atom. The Morgan fingerprint density at radius 2 is 2.12 bits per heavy atom. The highest BCUT2D eigenvalue weighted by atomic mass is 31.2. The van der Waals surface area contributed by atoms with Gasteiger partial charge in [-0.15, -0.1) is 6.42 Å². The topological polar surface area (TPSA) is 99.4 Å². The smallest absolute Gasteiger partial charge is 0.330 e. The lowest BCUT2D eigenvalue weighted by Crippen LogP contribution is -2.43. The second-order valence-electron chi connectivity index (χ2n) is 8.60. The zero-order valence-corrected chi connectivity index (χ0v) is 20.5. The number of fused-ring (bicyclic) bond motifs is 2. The van der Waals surface area contributed by atoms with Crippen LogP contribution in [0, 0.1) is 18.9 Å². The van der Waals surface area contributed by atoms with E-state index in [1.807, 2.05) is 6.92 Å². The number of H-pyrrole nitrogens is 1. The van der Waals surface area contributed by atoms with Crippen molar-refractivity contribution >= 4 is 8.53 Å². The first kappa shape index (κ1) is 25.6. The number of hydrogen-bond acceptors (Lipinski definition) is 7. The van der Waals surface area contributed by atoms with E-state index in [4.69, 9.17) is 31.5 Å². The molecule has 2 aliphatic rings. The summed E-state index contributed by atoms with van der Waals surface area (Å²) in [6, 6.07) is 0.275. The minimum atomic E-state index is -1.53. The van der Waals surface area contributed by atoms with Crippen molar-refractivity contribution in [2.24, 2.45) is 0 Å². The van der Waals surface area contributed by atoms with Gasteiger partial charge in [-0.3, -0.25) is 14.3 Å². The molecule has 0 amide bonds. The van der Waals surface area contributed by atoms with E-state index >= 15 is 0 Å². The van der Waals surface area contributed by atoms with E-state index in [0.717, 1.165) is 0 Å². The number of ether oxygens (including phenoxy) is 2. The lowest BCUT2D eigenvalue weighted by Gasteiger charge is -2.38. The van der Waals surface area contributed by atoms with Crippen LogP contribution in [-0.4, -0.2) is 63.9 Å². The minimum absolute atomic E-state index is 0.0273. The minimum Gasteiger partial charge on any atom is -0.368 e. The molecule has 5 atom stereocenters. The van der Waals surface area contributed by atoms with Crippen molar-refractivity contribution in [3.63, 3.8) is 0 Å². The van der Waals surface area contributed by atoms with Crippen LogP contribution in [0.25, 0.3) is 4.85 Å². The summed E-state index contributed by atoms with van der Waals surface area (Å²) in [7, 11) is -1.53. The van der Waals surface area contributed by atoms with E-state index in [0.29, 0.717) is 13.0 Å². The van der Waals surface area contributed by atoms with Crippen molar-refractivity contribution < 1.29 is 18.5 Å². The lowest BCUT2D eigenvalue weighted by molar-refractivity contribution is -0.175. The van der Waals surface area contributed by atoms with Crippen LogP contribution in [0.5, 0.6) is 0 Å². The summed E-state index contributed by atoms with van der Waals surface area (Å²) >= 11 is 0. The molecule has 11 heteroatoms. The van der Waals surface area contributed by atoms with Gasteiger partial charge in [0.05, 0.1) is 6.61 Å². The maximum atomic E-state index is 12.6. The molecule has 0 radical (unpaired) electrons. The SMILES string of the molecule is [C-]#[N+]CCOP(OC1[C@@H]2OC[C@]1(CC)O[C@H]2n1cc(C#C)c(=O)[nH]c1=O)N(C(C)C)C(C)C. The van der Waals surface area contributed by atoms with Crippen LogP contribution in [0.3, 0.4) is 0 Å². The number of terminal acetylenes is 1. The fourth-order valence-corrected chi connectivity index (χ4v) is 6.07. The molecule has 0 aromatic carbocycles. The van der Waals surface area contributed by atoms with Crippen LogP contribution in [0.15, 0.2) is 15.8 Å². The molecule has 2 bridgehead atoms. The molecule has 2 unspecified atom stereocenters. The summed E-state index contributed by atoms with van der Waals surface area (Å²) in [5.41, 5.74) is -2.02. The van der Waals surface area contributed by atoms with Gasteiger partial charge in [0, 0.05) is 18.3 Å². The second-order valence-corrected chi connectivity index (χ2v) is 10.0. The summed E-state index contributed by atoms with van der Waals surface area (Å²) in [5, 5.41) is 0. The van der Waals surface area contributed by atoms with Gasteiger partial charge >= 0.3 is 5.69 Å². The Kier molecular flexibility index (Phi) is 8.13. The molecule has 10 nitrogen and oxygen atoms in total. The van der Waals surface area contributed by atoms with Crippen LogP contribution < -0.4 is 11.2 Å². The van der Waals surface area contributed by atoms with Gasteiger partial charge in [-0.25, -0.2) is 16.0 Å². The van der Waals surface area contributed by atoms with Crippen molar-refractivity contribution in [3.8, 4) is 12.3 Å². The predicted molar refractivity (Wildman–Crippen MR) is 123 cm³/mol. The average Bonchev–Trinajstić information content (AvgIpc) is 3.25. The average molecular weight is 478 g/mol. The third-order valence-electron chi connectivity index (χ3n) is 5.82. The van der Waals surface area contributed by atoms with Crippen LogP contribution in [0.2, 0.25) is 0 Å². The third kappa shape index (κ3) is 4.93. The van der Waals surface area contributed by atoms with Crippen molar-refractivity contribution in [2.45, 2.75) is 77.2 Å². The molecule has 0 aliphatic carbocycles. The molecule has 2 saturated heterocycles. The number of rotatable bonds is 10. The van der Waals surface area contributed by atoms with Crippen LogP contribution in [0.1, 0.15) is 52.8 Å². The molecule has 33 heavy (non-hydrogen) atoms. The van der Waals surface area contributed by atoms with Crippen LogP contribution in [-0.2, 0) is 18.5 Å². The molecule has 1 N–H and O–H groups in total. The Labute approximate surface area is 195 Å². The molecule has 180 valence electrons. The number of aromatic nitrogens is 2. The Bertz CT molecular complexity index is 1030. The van der Waals surface area contributed by atoms with Gasteiger partial charge in [0.2, 0.25) is 6.54 Å². The fraction of sp³-hybridized carbons (Fsp3) is 0.682. The van der Waals surface area contributed by atoms with Crippen molar-refractivity contribution in [3.05, 3.63) is 44.0 Å². The summed E-state index contributed by atoms with van der Waals surface area (Å²) in [5.74, 6) is 2.29. The standard InChI is InChI=1S/C22H31N4O6P/c1-8-16-12-25(21(28)24-19(16)27)20-17-18(22(9-2,31-20)13-29-17)32-33(30-11-10-23-7)26(14(3)4)15(5)6/h1,12,14-15,17-18,20H,9-11,13H2,2-6H3,(H,24,27,28)/t17-,18?,20+,22-,33?/m0/s1. The molecule has 1 aromatic heterocycles. The largest absolute Gasteiger partial charge is 0.368 e. The maximum absolute atomic E-state index is 12.6. The number of nitrogens with one attached hydrogen (secondary N) is 1.